The van der Waals surface area contributed by atoms with Crippen molar-refractivity contribution in [3.63, 3.8) is 0 Å². The van der Waals surface area contributed by atoms with Crippen molar-refractivity contribution < 1.29 is 24.2 Å². The van der Waals surface area contributed by atoms with Crippen LogP contribution in [0.5, 0.6) is 5.75 Å². The second-order valence-corrected chi connectivity index (χ2v) is 9.34. The van der Waals surface area contributed by atoms with Crippen molar-refractivity contribution in [2.75, 3.05) is 13.6 Å². The quantitative estimate of drug-likeness (QED) is 0.273. The molecular formula is C27H37NO5. The minimum absolute atomic E-state index is 0.0822. The Morgan fingerprint density at radius 1 is 0.970 bits per heavy atom. The Morgan fingerprint density at radius 2 is 1.61 bits per heavy atom. The molecule has 2 aromatic carbocycles. The van der Waals surface area contributed by atoms with Crippen LogP contribution >= 0.6 is 0 Å². The molecule has 2 rings (SSSR count). The second kappa shape index (κ2) is 12.4. The first-order chi connectivity index (χ1) is 15.6. The van der Waals surface area contributed by atoms with Gasteiger partial charge in [-0.2, -0.15) is 0 Å². The highest BCUT2D eigenvalue weighted by Crippen LogP contribution is 2.21. The van der Waals surface area contributed by atoms with Gasteiger partial charge in [-0.3, -0.25) is 0 Å². The molecule has 33 heavy (non-hydrogen) atoms. The van der Waals surface area contributed by atoms with Crippen LogP contribution in [0.25, 0.3) is 0 Å². The van der Waals surface area contributed by atoms with Gasteiger partial charge in [0.05, 0.1) is 18.2 Å². The third-order valence-corrected chi connectivity index (χ3v) is 5.14. The number of esters is 1. The van der Waals surface area contributed by atoms with Crippen LogP contribution in [0.2, 0.25) is 0 Å². The van der Waals surface area contributed by atoms with E-state index < -0.39 is 23.8 Å². The number of amides is 1. The number of ether oxygens (including phenoxy) is 2. The van der Waals surface area contributed by atoms with Gasteiger partial charge in [0.2, 0.25) is 0 Å². The number of likely N-dealkylation sites (N-methyl/N-ethyl adjacent to an activating group) is 1. The van der Waals surface area contributed by atoms with Gasteiger partial charge in [0, 0.05) is 7.05 Å². The molecule has 0 bridgehead atoms. The number of hydrogen-bond donors (Lipinski definition) is 1. The number of carbonyl (C=O) groups excluding carboxylic acids is 2. The number of aryl methyl sites for hydroxylation is 1. The fraction of sp³-hybridized carbons (Fsp3) is 0.481. The Hall–Kier alpha value is -2.86. The van der Waals surface area contributed by atoms with Gasteiger partial charge in [0.25, 0.3) is 0 Å². The molecule has 0 fully saturated rings. The summed E-state index contributed by atoms with van der Waals surface area (Å²) in [6.07, 6.45) is 4.47. The fourth-order valence-electron chi connectivity index (χ4n) is 3.27. The molecule has 180 valence electrons. The molecule has 0 spiro atoms. The molecule has 1 unspecified atom stereocenters. The van der Waals surface area contributed by atoms with Gasteiger partial charge < -0.3 is 19.5 Å². The summed E-state index contributed by atoms with van der Waals surface area (Å²) in [7, 11) is 1.57. The number of hydrogen-bond acceptors (Lipinski definition) is 5. The van der Waals surface area contributed by atoms with Crippen LogP contribution in [0.1, 0.15) is 81.0 Å². The Bertz CT molecular complexity index is 884. The number of unbranched alkanes of at least 4 members (excludes halogenated alkanes) is 3. The molecule has 0 aliphatic heterocycles. The van der Waals surface area contributed by atoms with Crippen molar-refractivity contribution in [3.05, 3.63) is 65.2 Å². The summed E-state index contributed by atoms with van der Waals surface area (Å²) in [5.74, 6) is -0.0365. The van der Waals surface area contributed by atoms with E-state index in [-0.39, 0.29) is 6.54 Å². The van der Waals surface area contributed by atoms with Crippen LogP contribution in [-0.2, 0) is 11.2 Å². The minimum atomic E-state index is -0.892. The predicted molar refractivity (Wildman–Crippen MR) is 130 cm³/mol. The Balaban J connectivity index is 1.88. The largest absolute Gasteiger partial charge is 0.444 e. The van der Waals surface area contributed by atoms with E-state index in [4.69, 9.17) is 9.47 Å². The van der Waals surface area contributed by atoms with E-state index in [0.717, 1.165) is 12.8 Å². The second-order valence-electron chi connectivity index (χ2n) is 9.34. The lowest BCUT2D eigenvalue weighted by atomic mass is 10.0. The summed E-state index contributed by atoms with van der Waals surface area (Å²) in [5.41, 5.74) is 1.72. The summed E-state index contributed by atoms with van der Waals surface area (Å²) in [4.78, 5) is 25.8. The first kappa shape index (κ1) is 26.4. The zero-order chi connectivity index (χ0) is 24.4. The normalized spacial score (nSPS) is 12.2. The molecule has 6 heteroatoms. The minimum Gasteiger partial charge on any atom is -0.444 e. The summed E-state index contributed by atoms with van der Waals surface area (Å²) in [5, 5.41) is 10.4. The molecule has 0 aliphatic rings. The van der Waals surface area contributed by atoms with Crippen LogP contribution in [0.15, 0.2) is 48.5 Å². The lowest BCUT2D eigenvalue weighted by Gasteiger charge is -2.26. The highest BCUT2D eigenvalue weighted by atomic mass is 16.6. The molecule has 0 saturated carbocycles. The molecule has 0 heterocycles. The number of rotatable bonds is 10. The van der Waals surface area contributed by atoms with E-state index >= 15 is 0 Å². The van der Waals surface area contributed by atoms with E-state index in [9.17, 15) is 14.7 Å². The van der Waals surface area contributed by atoms with E-state index in [1.807, 2.05) is 12.1 Å². The van der Waals surface area contributed by atoms with Crippen molar-refractivity contribution in [2.24, 2.45) is 0 Å². The molecule has 1 amide bonds. The number of aliphatic hydroxyl groups is 1. The zero-order valence-electron chi connectivity index (χ0n) is 20.5. The first-order valence-electron chi connectivity index (χ1n) is 11.6. The van der Waals surface area contributed by atoms with Crippen LogP contribution in [0.4, 0.5) is 4.79 Å². The summed E-state index contributed by atoms with van der Waals surface area (Å²) < 4.78 is 10.8. The van der Waals surface area contributed by atoms with Gasteiger partial charge in [-0.1, -0.05) is 50.5 Å². The molecule has 1 N–H and O–H groups in total. The van der Waals surface area contributed by atoms with Crippen LogP contribution in [0, 0.1) is 0 Å². The number of benzene rings is 2. The average molecular weight is 456 g/mol. The standard InChI is InChI=1S/C27H37NO5/c1-6-7-8-9-10-20-11-13-22(14-12-20)25(30)32-23-17-15-21(16-18-23)24(29)19-28(5)26(31)33-27(2,3)4/h11-18,24,29H,6-10,19H2,1-5H3. The van der Waals surface area contributed by atoms with Crippen LogP contribution in [-0.4, -0.2) is 41.3 Å². The summed E-state index contributed by atoms with van der Waals surface area (Å²) in [6, 6.07) is 14.2. The molecular weight excluding hydrogens is 418 g/mol. The molecule has 1 atom stereocenters. The maximum Gasteiger partial charge on any atom is 0.410 e. The lowest BCUT2D eigenvalue weighted by molar-refractivity contribution is 0.0205. The molecule has 0 saturated heterocycles. The van der Waals surface area contributed by atoms with Crippen LogP contribution in [0.3, 0.4) is 0 Å². The smallest absolute Gasteiger partial charge is 0.410 e. The molecule has 0 aliphatic carbocycles. The van der Waals surface area contributed by atoms with Gasteiger partial charge in [0.15, 0.2) is 0 Å². The predicted octanol–water partition coefficient (Wildman–Crippen LogP) is 5.93. The SMILES string of the molecule is CCCCCCc1ccc(C(=O)Oc2ccc(C(O)CN(C)C(=O)OC(C)(C)C)cc2)cc1. The summed E-state index contributed by atoms with van der Waals surface area (Å²) in [6.45, 7) is 7.65. The van der Waals surface area contributed by atoms with E-state index in [0.29, 0.717) is 16.9 Å². The number of carbonyl (C=O) groups is 2. The lowest BCUT2D eigenvalue weighted by Crippen LogP contribution is -2.36. The Kier molecular flexibility index (Phi) is 9.92. The van der Waals surface area contributed by atoms with Gasteiger partial charge in [-0.05, 0) is 69.0 Å². The number of aliphatic hydroxyl groups excluding tert-OH is 1. The Labute approximate surface area is 197 Å². The maximum absolute atomic E-state index is 12.4. The van der Waals surface area contributed by atoms with Gasteiger partial charge in [0.1, 0.15) is 11.4 Å². The van der Waals surface area contributed by atoms with Gasteiger partial charge >= 0.3 is 12.1 Å². The number of nitrogens with zero attached hydrogens (tertiary/aromatic N) is 1. The van der Waals surface area contributed by atoms with Gasteiger partial charge in [-0.25, -0.2) is 9.59 Å². The molecule has 0 radical (unpaired) electrons. The van der Waals surface area contributed by atoms with Gasteiger partial charge in [-0.15, -0.1) is 0 Å². The average Bonchev–Trinajstić information content (AvgIpc) is 2.76. The van der Waals surface area contributed by atoms with E-state index in [1.165, 1.54) is 29.7 Å². The molecule has 0 aromatic heterocycles. The van der Waals surface area contributed by atoms with E-state index in [2.05, 4.69) is 6.92 Å². The van der Waals surface area contributed by atoms with Crippen molar-refractivity contribution in [1.82, 2.24) is 4.90 Å². The van der Waals surface area contributed by atoms with Crippen molar-refractivity contribution >= 4 is 12.1 Å². The van der Waals surface area contributed by atoms with Crippen LogP contribution < -0.4 is 4.74 Å². The fourth-order valence-corrected chi connectivity index (χ4v) is 3.27. The maximum atomic E-state index is 12.4. The highest BCUT2D eigenvalue weighted by molar-refractivity contribution is 5.91. The zero-order valence-corrected chi connectivity index (χ0v) is 20.5. The third-order valence-electron chi connectivity index (χ3n) is 5.14. The van der Waals surface area contributed by atoms with Crippen molar-refractivity contribution in [1.29, 1.82) is 0 Å². The molecule has 6 nitrogen and oxygen atoms in total. The third kappa shape index (κ3) is 9.26. The topological polar surface area (TPSA) is 76.1 Å². The first-order valence-corrected chi connectivity index (χ1v) is 11.6. The van der Waals surface area contributed by atoms with Crippen molar-refractivity contribution in [2.45, 2.75) is 71.5 Å². The Morgan fingerprint density at radius 3 is 2.18 bits per heavy atom. The highest BCUT2D eigenvalue weighted by Gasteiger charge is 2.22. The molecule has 2 aromatic rings. The summed E-state index contributed by atoms with van der Waals surface area (Å²) >= 11 is 0. The monoisotopic (exact) mass is 455 g/mol. The van der Waals surface area contributed by atoms with E-state index in [1.54, 1.807) is 64.2 Å². The van der Waals surface area contributed by atoms with Crippen molar-refractivity contribution in [3.8, 4) is 5.75 Å².